The molecule has 0 saturated carbocycles. The molecule has 0 aliphatic carbocycles. The highest BCUT2D eigenvalue weighted by molar-refractivity contribution is 7.13. The molecular formula is C24H21N3OS. The number of aryl methyl sites for hydroxylation is 1. The van der Waals surface area contributed by atoms with Crippen molar-refractivity contribution in [3.8, 4) is 10.6 Å². The first-order chi connectivity index (χ1) is 14.1. The minimum absolute atomic E-state index is 0.0497. The van der Waals surface area contributed by atoms with Crippen molar-refractivity contribution < 1.29 is 4.79 Å². The number of hydrogen-bond acceptors (Lipinski definition) is 4. The molecular weight excluding hydrogens is 378 g/mol. The number of amides is 1. The van der Waals surface area contributed by atoms with Gasteiger partial charge in [0.05, 0.1) is 11.7 Å². The highest BCUT2D eigenvalue weighted by Crippen LogP contribution is 2.28. The number of pyridine rings is 1. The number of hydrogen-bond donors (Lipinski definition) is 0. The Balaban J connectivity index is 1.64. The van der Waals surface area contributed by atoms with Crippen molar-refractivity contribution in [3.05, 3.63) is 107 Å². The molecule has 0 aliphatic rings. The zero-order valence-corrected chi connectivity index (χ0v) is 17.1. The average Bonchev–Trinajstić information content (AvgIpc) is 3.21. The summed E-state index contributed by atoms with van der Waals surface area (Å²) in [6, 6.07) is 23.2. The summed E-state index contributed by atoms with van der Waals surface area (Å²) in [5.74, 6) is -0.0497. The van der Waals surface area contributed by atoms with Crippen LogP contribution >= 0.6 is 11.3 Å². The van der Waals surface area contributed by atoms with Crippen LogP contribution in [0.2, 0.25) is 0 Å². The first kappa shape index (κ1) is 19.0. The van der Waals surface area contributed by atoms with Gasteiger partial charge in [-0.3, -0.25) is 9.78 Å². The Morgan fingerprint density at radius 3 is 2.31 bits per heavy atom. The maximum atomic E-state index is 13.3. The van der Waals surface area contributed by atoms with Crippen molar-refractivity contribution in [1.29, 1.82) is 0 Å². The second-order valence-corrected chi connectivity index (χ2v) is 7.71. The van der Waals surface area contributed by atoms with Gasteiger partial charge in [-0.05, 0) is 36.8 Å². The molecule has 4 aromatic rings. The van der Waals surface area contributed by atoms with E-state index in [1.165, 1.54) is 0 Å². The number of aromatic nitrogens is 2. The second kappa shape index (κ2) is 8.37. The highest BCUT2D eigenvalue weighted by Gasteiger charge is 2.25. The quantitative estimate of drug-likeness (QED) is 0.453. The molecule has 2 aromatic heterocycles. The highest BCUT2D eigenvalue weighted by atomic mass is 32.1. The van der Waals surface area contributed by atoms with E-state index < -0.39 is 0 Å². The second-order valence-electron chi connectivity index (χ2n) is 6.86. The standard InChI is InChI=1S/C24H21N3OS/c1-17-16-29-23(26-17)19-11-13-20(14-12-19)24(28)27(2)22(18-8-4-3-5-9-18)21-10-6-7-15-25-21/h3-16,22H,1-2H3. The number of nitrogens with zero attached hydrogens (tertiary/aromatic N) is 3. The van der Waals surface area contributed by atoms with Gasteiger partial charge in [-0.1, -0.05) is 48.5 Å². The zero-order valence-electron chi connectivity index (χ0n) is 16.3. The van der Waals surface area contributed by atoms with Gasteiger partial charge in [0.15, 0.2) is 0 Å². The molecule has 29 heavy (non-hydrogen) atoms. The third-order valence-electron chi connectivity index (χ3n) is 4.79. The lowest BCUT2D eigenvalue weighted by Crippen LogP contribution is -2.32. The molecule has 5 heteroatoms. The lowest BCUT2D eigenvalue weighted by atomic mass is 10.0. The summed E-state index contributed by atoms with van der Waals surface area (Å²) in [6.45, 7) is 1.98. The van der Waals surface area contributed by atoms with Crippen LogP contribution in [0.5, 0.6) is 0 Å². The Hall–Kier alpha value is -3.31. The monoisotopic (exact) mass is 399 g/mol. The minimum Gasteiger partial charge on any atom is -0.329 e. The Labute approximate surface area is 174 Å². The summed E-state index contributed by atoms with van der Waals surface area (Å²) < 4.78 is 0. The summed E-state index contributed by atoms with van der Waals surface area (Å²) in [4.78, 5) is 24.0. The van der Waals surface area contributed by atoms with E-state index in [1.807, 2.05) is 92.1 Å². The topological polar surface area (TPSA) is 46.1 Å². The maximum Gasteiger partial charge on any atom is 0.254 e. The van der Waals surface area contributed by atoms with Crippen LogP contribution in [0.4, 0.5) is 0 Å². The summed E-state index contributed by atoms with van der Waals surface area (Å²) >= 11 is 1.61. The molecule has 1 amide bonds. The van der Waals surface area contributed by atoms with Crippen LogP contribution in [-0.2, 0) is 0 Å². The average molecular weight is 400 g/mol. The molecule has 0 spiro atoms. The number of thiazole rings is 1. The number of rotatable bonds is 5. The fourth-order valence-corrected chi connectivity index (χ4v) is 4.13. The van der Waals surface area contributed by atoms with Gasteiger partial charge in [0, 0.05) is 35.4 Å². The van der Waals surface area contributed by atoms with Crippen molar-refractivity contribution in [2.24, 2.45) is 0 Å². The molecule has 0 fully saturated rings. The van der Waals surface area contributed by atoms with Crippen LogP contribution < -0.4 is 0 Å². The third-order valence-corrected chi connectivity index (χ3v) is 5.80. The molecule has 0 N–H and O–H groups in total. The first-order valence-electron chi connectivity index (χ1n) is 9.39. The summed E-state index contributed by atoms with van der Waals surface area (Å²) in [6.07, 6.45) is 1.76. The van der Waals surface area contributed by atoms with Gasteiger partial charge in [-0.25, -0.2) is 4.98 Å². The lowest BCUT2D eigenvalue weighted by Gasteiger charge is -2.28. The van der Waals surface area contributed by atoms with E-state index in [4.69, 9.17) is 0 Å². The van der Waals surface area contributed by atoms with E-state index in [1.54, 1.807) is 22.4 Å². The smallest absolute Gasteiger partial charge is 0.254 e. The van der Waals surface area contributed by atoms with E-state index in [-0.39, 0.29) is 11.9 Å². The molecule has 0 radical (unpaired) electrons. The zero-order chi connectivity index (χ0) is 20.2. The maximum absolute atomic E-state index is 13.3. The summed E-state index contributed by atoms with van der Waals surface area (Å²) in [7, 11) is 1.83. The molecule has 4 nitrogen and oxygen atoms in total. The Kier molecular flexibility index (Phi) is 5.49. The molecule has 144 valence electrons. The van der Waals surface area contributed by atoms with Crippen LogP contribution in [0.15, 0.2) is 84.4 Å². The molecule has 2 heterocycles. The Bertz CT molecular complexity index is 1050. The Morgan fingerprint density at radius 1 is 0.966 bits per heavy atom. The van der Waals surface area contributed by atoms with E-state index in [0.29, 0.717) is 5.56 Å². The van der Waals surface area contributed by atoms with Crippen molar-refractivity contribution in [1.82, 2.24) is 14.9 Å². The lowest BCUT2D eigenvalue weighted by molar-refractivity contribution is 0.0752. The molecule has 0 aliphatic heterocycles. The molecule has 4 rings (SSSR count). The van der Waals surface area contributed by atoms with Crippen molar-refractivity contribution in [2.45, 2.75) is 13.0 Å². The molecule has 1 unspecified atom stereocenters. The van der Waals surface area contributed by atoms with Gasteiger partial charge in [0.25, 0.3) is 5.91 Å². The fraction of sp³-hybridized carbons (Fsp3) is 0.125. The van der Waals surface area contributed by atoms with Gasteiger partial charge in [0.1, 0.15) is 5.01 Å². The fourth-order valence-electron chi connectivity index (χ4n) is 3.33. The van der Waals surface area contributed by atoms with Gasteiger partial charge >= 0.3 is 0 Å². The van der Waals surface area contributed by atoms with Gasteiger partial charge in [-0.15, -0.1) is 11.3 Å². The largest absolute Gasteiger partial charge is 0.329 e. The van der Waals surface area contributed by atoms with Gasteiger partial charge in [0.2, 0.25) is 0 Å². The van der Waals surface area contributed by atoms with Crippen molar-refractivity contribution in [3.63, 3.8) is 0 Å². The van der Waals surface area contributed by atoms with Crippen LogP contribution in [0, 0.1) is 6.92 Å². The predicted molar refractivity (Wildman–Crippen MR) is 117 cm³/mol. The van der Waals surface area contributed by atoms with Gasteiger partial charge in [-0.2, -0.15) is 0 Å². The van der Waals surface area contributed by atoms with E-state index in [9.17, 15) is 4.79 Å². The normalized spacial score (nSPS) is 11.8. The molecule has 1 atom stereocenters. The van der Waals surface area contributed by atoms with Crippen molar-refractivity contribution >= 4 is 17.2 Å². The predicted octanol–water partition coefficient (Wildman–Crippen LogP) is 5.38. The SMILES string of the molecule is Cc1csc(-c2ccc(C(=O)N(C)C(c3ccccc3)c3ccccn3)cc2)n1. The van der Waals surface area contributed by atoms with Crippen LogP contribution in [0.1, 0.15) is 33.4 Å². The molecule has 0 saturated heterocycles. The van der Waals surface area contributed by atoms with Gasteiger partial charge < -0.3 is 4.90 Å². The minimum atomic E-state index is -0.258. The van der Waals surface area contributed by atoms with Crippen LogP contribution in [-0.4, -0.2) is 27.8 Å². The first-order valence-corrected chi connectivity index (χ1v) is 10.3. The summed E-state index contributed by atoms with van der Waals surface area (Å²) in [5, 5.41) is 2.99. The molecule has 0 bridgehead atoms. The van der Waals surface area contributed by atoms with E-state index in [0.717, 1.165) is 27.5 Å². The van der Waals surface area contributed by atoms with E-state index in [2.05, 4.69) is 9.97 Å². The van der Waals surface area contributed by atoms with E-state index >= 15 is 0 Å². The summed E-state index contributed by atoms with van der Waals surface area (Å²) in [5.41, 5.74) is 4.53. The number of carbonyl (C=O) groups excluding carboxylic acids is 1. The van der Waals surface area contributed by atoms with Crippen LogP contribution in [0.3, 0.4) is 0 Å². The molecule has 2 aromatic carbocycles. The van der Waals surface area contributed by atoms with Crippen molar-refractivity contribution in [2.75, 3.05) is 7.05 Å². The van der Waals surface area contributed by atoms with Crippen LogP contribution in [0.25, 0.3) is 10.6 Å². The number of carbonyl (C=O) groups is 1. The third kappa shape index (κ3) is 4.10. The Morgan fingerprint density at radius 2 is 1.69 bits per heavy atom. The number of benzene rings is 2.